The zero-order valence-electron chi connectivity index (χ0n) is 9.29. The maximum absolute atomic E-state index is 10.4. The van der Waals surface area contributed by atoms with Gasteiger partial charge in [0.05, 0.1) is 0 Å². The van der Waals surface area contributed by atoms with Crippen molar-refractivity contribution in [3.63, 3.8) is 0 Å². The van der Waals surface area contributed by atoms with Crippen molar-refractivity contribution in [2.45, 2.75) is 65.1 Å². The number of unbranched alkanes of at least 4 members (excludes halogenated alkanes) is 5. The molecule has 0 amide bonds. The van der Waals surface area contributed by atoms with Crippen LogP contribution >= 0.6 is 0 Å². The maximum Gasteiger partial charge on any atom is 0.304 e. The van der Waals surface area contributed by atoms with Crippen LogP contribution in [0.3, 0.4) is 0 Å². The highest BCUT2D eigenvalue weighted by Gasteiger charge is 2.05. The van der Waals surface area contributed by atoms with E-state index in [1.165, 1.54) is 32.6 Å². The number of aliphatic hydroxyl groups excluding tert-OH is 1. The summed E-state index contributed by atoms with van der Waals surface area (Å²) >= 11 is 0. The van der Waals surface area contributed by atoms with Crippen LogP contribution in [0.2, 0.25) is 0 Å². The number of carbonyl (C=O) groups excluding carboxylic acids is 1. The standard InChI is InChI=1S/C11H22O3/c1-3-4-5-6-7-8-9-11(13)14-10(2)12/h11,13H,3-9H2,1-2H3. The van der Waals surface area contributed by atoms with Crippen LogP contribution < -0.4 is 0 Å². The minimum absolute atomic E-state index is 0.413. The van der Waals surface area contributed by atoms with E-state index in [-0.39, 0.29) is 0 Å². The van der Waals surface area contributed by atoms with Crippen LogP contribution in [0.5, 0.6) is 0 Å². The summed E-state index contributed by atoms with van der Waals surface area (Å²) in [7, 11) is 0. The summed E-state index contributed by atoms with van der Waals surface area (Å²) < 4.78 is 4.59. The van der Waals surface area contributed by atoms with E-state index in [1.807, 2.05) is 0 Å². The van der Waals surface area contributed by atoms with Crippen LogP contribution in [0.25, 0.3) is 0 Å². The van der Waals surface area contributed by atoms with E-state index in [0.29, 0.717) is 6.42 Å². The Morgan fingerprint density at radius 2 is 1.79 bits per heavy atom. The van der Waals surface area contributed by atoms with Gasteiger partial charge in [-0.15, -0.1) is 0 Å². The molecule has 0 aliphatic heterocycles. The van der Waals surface area contributed by atoms with Gasteiger partial charge in [-0.25, -0.2) is 0 Å². The first kappa shape index (κ1) is 13.4. The van der Waals surface area contributed by atoms with E-state index in [9.17, 15) is 9.90 Å². The number of hydrogen-bond acceptors (Lipinski definition) is 3. The molecular weight excluding hydrogens is 180 g/mol. The summed E-state index contributed by atoms with van der Waals surface area (Å²) in [5.74, 6) is -0.413. The van der Waals surface area contributed by atoms with Crippen molar-refractivity contribution in [1.29, 1.82) is 0 Å². The van der Waals surface area contributed by atoms with E-state index in [4.69, 9.17) is 0 Å². The molecule has 0 aromatic heterocycles. The Morgan fingerprint density at radius 1 is 1.21 bits per heavy atom. The zero-order chi connectivity index (χ0) is 10.8. The van der Waals surface area contributed by atoms with Gasteiger partial charge in [-0.05, 0) is 6.42 Å². The fourth-order valence-electron chi connectivity index (χ4n) is 1.35. The van der Waals surface area contributed by atoms with Crippen molar-refractivity contribution in [2.75, 3.05) is 0 Å². The molecule has 3 heteroatoms. The lowest BCUT2D eigenvalue weighted by Crippen LogP contribution is -2.14. The second-order valence-corrected chi connectivity index (χ2v) is 3.62. The Kier molecular flexibility index (Phi) is 8.64. The second kappa shape index (κ2) is 9.00. The summed E-state index contributed by atoms with van der Waals surface area (Å²) in [4.78, 5) is 10.4. The molecule has 3 nitrogen and oxygen atoms in total. The third-order valence-electron chi connectivity index (χ3n) is 2.11. The second-order valence-electron chi connectivity index (χ2n) is 3.62. The first-order valence-corrected chi connectivity index (χ1v) is 5.52. The number of esters is 1. The lowest BCUT2D eigenvalue weighted by Gasteiger charge is -2.09. The Labute approximate surface area is 86.5 Å². The monoisotopic (exact) mass is 202 g/mol. The minimum Gasteiger partial charge on any atom is -0.436 e. The highest BCUT2D eigenvalue weighted by Crippen LogP contribution is 2.09. The van der Waals surface area contributed by atoms with Crippen LogP contribution in [0.4, 0.5) is 0 Å². The molecule has 0 spiro atoms. The molecule has 0 aromatic rings. The van der Waals surface area contributed by atoms with Gasteiger partial charge in [0.15, 0.2) is 0 Å². The van der Waals surface area contributed by atoms with Gasteiger partial charge in [-0.3, -0.25) is 4.79 Å². The van der Waals surface area contributed by atoms with Gasteiger partial charge >= 0.3 is 5.97 Å². The predicted octanol–water partition coefficient (Wildman–Crippen LogP) is 2.62. The topological polar surface area (TPSA) is 46.5 Å². The highest BCUT2D eigenvalue weighted by atomic mass is 16.6. The number of hydrogen-bond donors (Lipinski definition) is 1. The first-order valence-electron chi connectivity index (χ1n) is 5.52. The third-order valence-corrected chi connectivity index (χ3v) is 2.11. The van der Waals surface area contributed by atoms with E-state index >= 15 is 0 Å². The van der Waals surface area contributed by atoms with E-state index in [2.05, 4.69) is 11.7 Å². The summed E-state index contributed by atoms with van der Waals surface area (Å²) in [6.45, 7) is 3.49. The smallest absolute Gasteiger partial charge is 0.304 e. The van der Waals surface area contributed by atoms with Crippen molar-refractivity contribution in [1.82, 2.24) is 0 Å². The molecule has 0 rings (SSSR count). The fourth-order valence-corrected chi connectivity index (χ4v) is 1.35. The van der Waals surface area contributed by atoms with Crippen molar-refractivity contribution in [3.8, 4) is 0 Å². The van der Waals surface area contributed by atoms with Crippen LogP contribution in [-0.4, -0.2) is 17.4 Å². The van der Waals surface area contributed by atoms with Gasteiger partial charge in [0.25, 0.3) is 0 Å². The SMILES string of the molecule is CCCCCCCCC(O)OC(C)=O. The maximum atomic E-state index is 10.4. The molecule has 0 heterocycles. The molecule has 84 valence electrons. The average Bonchev–Trinajstić information content (AvgIpc) is 2.10. The molecule has 1 atom stereocenters. The number of carbonyl (C=O) groups is 1. The van der Waals surface area contributed by atoms with Crippen LogP contribution in [0.1, 0.15) is 58.8 Å². The Balaban J connectivity index is 3.14. The van der Waals surface area contributed by atoms with Gasteiger partial charge in [-0.2, -0.15) is 0 Å². The Morgan fingerprint density at radius 3 is 2.36 bits per heavy atom. The molecule has 0 aliphatic carbocycles. The largest absolute Gasteiger partial charge is 0.436 e. The van der Waals surface area contributed by atoms with Gasteiger partial charge in [0.2, 0.25) is 6.29 Å². The molecule has 0 fully saturated rings. The lowest BCUT2D eigenvalue weighted by molar-refractivity contribution is -0.165. The Hall–Kier alpha value is -0.570. The van der Waals surface area contributed by atoms with Gasteiger partial charge in [0.1, 0.15) is 0 Å². The first-order chi connectivity index (χ1) is 6.66. The molecule has 1 unspecified atom stereocenters. The molecule has 14 heavy (non-hydrogen) atoms. The molecule has 0 radical (unpaired) electrons. The van der Waals surface area contributed by atoms with Crippen LogP contribution in [-0.2, 0) is 9.53 Å². The molecule has 0 saturated carbocycles. The number of ether oxygens (including phenoxy) is 1. The minimum atomic E-state index is -0.904. The predicted molar refractivity (Wildman–Crippen MR) is 55.8 cm³/mol. The van der Waals surface area contributed by atoms with E-state index in [1.54, 1.807) is 0 Å². The van der Waals surface area contributed by atoms with Gasteiger partial charge in [0, 0.05) is 13.3 Å². The van der Waals surface area contributed by atoms with E-state index in [0.717, 1.165) is 12.8 Å². The molecule has 0 bridgehead atoms. The Bertz CT molecular complexity index is 145. The normalized spacial score (nSPS) is 12.5. The number of rotatable bonds is 8. The van der Waals surface area contributed by atoms with Crippen LogP contribution in [0, 0.1) is 0 Å². The molecule has 1 N–H and O–H groups in total. The summed E-state index contributed by atoms with van der Waals surface area (Å²) in [6.07, 6.45) is 6.70. The highest BCUT2D eigenvalue weighted by molar-refractivity contribution is 5.65. The van der Waals surface area contributed by atoms with Crippen molar-refractivity contribution in [2.24, 2.45) is 0 Å². The summed E-state index contributed by atoms with van der Waals surface area (Å²) in [6, 6.07) is 0. The fraction of sp³-hybridized carbons (Fsp3) is 0.909. The molecule has 0 aliphatic rings. The molecule has 0 saturated heterocycles. The molecule has 0 aromatic carbocycles. The number of aliphatic hydroxyl groups is 1. The average molecular weight is 202 g/mol. The van der Waals surface area contributed by atoms with Crippen molar-refractivity contribution in [3.05, 3.63) is 0 Å². The van der Waals surface area contributed by atoms with Gasteiger partial charge in [-0.1, -0.05) is 39.0 Å². The van der Waals surface area contributed by atoms with Gasteiger partial charge < -0.3 is 9.84 Å². The summed E-state index contributed by atoms with van der Waals surface area (Å²) in [5.41, 5.74) is 0. The molecular formula is C11H22O3. The third kappa shape index (κ3) is 9.52. The quantitative estimate of drug-likeness (QED) is 0.374. The van der Waals surface area contributed by atoms with Crippen molar-refractivity contribution >= 4 is 5.97 Å². The van der Waals surface area contributed by atoms with Crippen LogP contribution in [0.15, 0.2) is 0 Å². The van der Waals surface area contributed by atoms with Crippen molar-refractivity contribution < 1.29 is 14.6 Å². The zero-order valence-corrected chi connectivity index (χ0v) is 9.29. The lowest BCUT2D eigenvalue weighted by atomic mass is 10.1. The summed E-state index contributed by atoms with van der Waals surface area (Å²) in [5, 5.41) is 9.18. The van der Waals surface area contributed by atoms with E-state index < -0.39 is 12.3 Å².